The monoisotopic (exact) mass is 479 g/mol. The molecule has 0 atom stereocenters. The molecule has 0 saturated carbocycles. The Morgan fingerprint density at radius 2 is 1.67 bits per heavy atom. The van der Waals surface area contributed by atoms with Crippen LogP contribution in [0.3, 0.4) is 0 Å². The molecule has 1 aliphatic rings. The zero-order chi connectivity index (χ0) is 24.8. The quantitative estimate of drug-likeness (QED) is 0.364. The number of fused-ring (bicyclic) bond motifs is 2. The minimum Gasteiger partial charge on any atom is -0.366 e. The van der Waals surface area contributed by atoms with Crippen LogP contribution in [-0.2, 0) is 0 Å². The molecule has 4 N–H and O–H groups in total. The minimum absolute atomic E-state index is 0.00190. The van der Waals surface area contributed by atoms with Crippen LogP contribution in [0, 0.1) is 6.92 Å². The summed E-state index contributed by atoms with van der Waals surface area (Å²) in [5.41, 5.74) is 11.7. The van der Waals surface area contributed by atoms with Crippen LogP contribution in [0.2, 0.25) is 0 Å². The highest BCUT2D eigenvalue weighted by Crippen LogP contribution is 2.24. The number of primary amides is 1. The van der Waals surface area contributed by atoms with Gasteiger partial charge in [0.05, 0.1) is 22.1 Å². The highest BCUT2D eigenvalue weighted by atomic mass is 16.2. The first-order valence-corrected chi connectivity index (χ1v) is 11.9. The first kappa shape index (κ1) is 21.8. The van der Waals surface area contributed by atoms with Gasteiger partial charge in [-0.3, -0.25) is 9.59 Å². The first-order chi connectivity index (χ1) is 17.5. The number of rotatable bonds is 4. The highest BCUT2D eigenvalue weighted by molar-refractivity contribution is 6.04. The molecular formula is C27H25N7O2. The Labute approximate surface area is 206 Å². The van der Waals surface area contributed by atoms with Gasteiger partial charge in [-0.1, -0.05) is 24.3 Å². The number of amides is 2. The number of nitrogens with one attached hydrogen (secondary N) is 2. The molecule has 1 aliphatic heterocycles. The standard InChI is InChI=1S/C27H25N7O2/c1-16-5-10-20-22(15-16)31-27(30-20)34-13-11-33(12-14-34)26(36)18-8-6-17(7-9-18)25-29-21-4-2-3-19(24(28)35)23(21)32-25/h2-10,15H,11-14H2,1H3,(H2,28,35)(H,29,32)(H,30,31). The van der Waals surface area contributed by atoms with Gasteiger partial charge in [0.15, 0.2) is 0 Å². The molecule has 36 heavy (non-hydrogen) atoms. The van der Waals surface area contributed by atoms with Crippen molar-refractivity contribution in [2.75, 3.05) is 31.1 Å². The molecule has 2 aromatic heterocycles. The number of nitrogens with zero attached hydrogens (tertiary/aromatic N) is 4. The van der Waals surface area contributed by atoms with E-state index in [1.54, 1.807) is 12.1 Å². The average Bonchev–Trinajstić information content (AvgIpc) is 3.52. The summed E-state index contributed by atoms with van der Waals surface area (Å²) in [7, 11) is 0. The molecular weight excluding hydrogens is 454 g/mol. The number of piperazine rings is 1. The van der Waals surface area contributed by atoms with E-state index in [2.05, 4.69) is 38.9 Å². The average molecular weight is 480 g/mol. The smallest absolute Gasteiger partial charge is 0.253 e. The van der Waals surface area contributed by atoms with Crippen molar-refractivity contribution in [1.29, 1.82) is 0 Å². The molecule has 9 heteroatoms. The van der Waals surface area contributed by atoms with Crippen molar-refractivity contribution in [2.24, 2.45) is 5.73 Å². The molecule has 0 unspecified atom stereocenters. The maximum absolute atomic E-state index is 13.1. The van der Waals surface area contributed by atoms with Crippen molar-refractivity contribution in [3.05, 3.63) is 77.4 Å². The van der Waals surface area contributed by atoms with E-state index in [-0.39, 0.29) is 5.91 Å². The Morgan fingerprint density at radius 1 is 0.889 bits per heavy atom. The summed E-state index contributed by atoms with van der Waals surface area (Å²) in [6.45, 7) is 4.72. The Morgan fingerprint density at radius 3 is 2.42 bits per heavy atom. The summed E-state index contributed by atoms with van der Waals surface area (Å²) in [6, 6.07) is 18.8. The molecule has 6 rings (SSSR count). The zero-order valence-electron chi connectivity index (χ0n) is 19.8. The maximum atomic E-state index is 13.1. The topological polar surface area (TPSA) is 124 Å². The number of anilines is 1. The molecule has 0 radical (unpaired) electrons. The van der Waals surface area contributed by atoms with Crippen LogP contribution in [-0.4, -0.2) is 62.8 Å². The number of carbonyl (C=O) groups excluding carboxylic acids is 2. The fourth-order valence-electron chi connectivity index (χ4n) is 4.69. The van der Waals surface area contributed by atoms with Gasteiger partial charge in [0.2, 0.25) is 5.95 Å². The molecule has 0 aliphatic carbocycles. The second kappa shape index (κ2) is 8.53. The third-order valence-corrected chi connectivity index (χ3v) is 6.68. The third kappa shape index (κ3) is 3.84. The van der Waals surface area contributed by atoms with Gasteiger partial charge in [0.25, 0.3) is 11.8 Å². The van der Waals surface area contributed by atoms with Crippen molar-refractivity contribution in [1.82, 2.24) is 24.8 Å². The van der Waals surface area contributed by atoms with Crippen molar-refractivity contribution >= 4 is 39.8 Å². The van der Waals surface area contributed by atoms with Crippen LogP contribution < -0.4 is 10.6 Å². The van der Waals surface area contributed by atoms with Gasteiger partial charge in [0, 0.05) is 37.3 Å². The number of carbonyl (C=O) groups is 2. The number of H-pyrrole nitrogens is 2. The van der Waals surface area contributed by atoms with E-state index in [4.69, 9.17) is 10.7 Å². The van der Waals surface area contributed by atoms with E-state index >= 15 is 0 Å². The Balaban J connectivity index is 1.14. The number of hydrogen-bond acceptors (Lipinski definition) is 5. The van der Waals surface area contributed by atoms with Gasteiger partial charge in [0.1, 0.15) is 11.3 Å². The van der Waals surface area contributed by atoms with Crippen molar-refractivity contribution in [2.45, 2.75) is 6.92 Å². The number of nitrogens with two attached hydrogens (primary N) is 1. The SMILES string of the molecule is Cc1ccc2[nH]c(N3CCN(C(=O)c4ccc(-c5nc6c(C(N)=O)cccc6[nH]5)cc4)CC3)nc2c1. The molecule has 9 nitrogen and oxygen atoms in total. The van der Waals surface area contributed by atoms with Crippen molar-refractivity contribution in [3.8, 4) is 11.4 Å². The fraction of sp³-hybridized carbons (Fsp3) is 0.185. The largest absolute Gasteiger partial charge is 0.366 e. The van der Waals surface area contributed by atoms with E-state index in [0.717, 1.165) is 28.1 Å². The number of aromatic nitrogens is 4. The third-order valence-electron chi connectivity index (χ3n) is 6.68. The number of benzene rings is 3. The van der Waals surface area contributed by atoms with E-state index in [0.29, 0.717) is 48.6 Å². The minimum atomic E-state index is -0.518. The van der Waals surface area contributed by atoms with E-state index < -0.39 is 5.91 Å². The number of aryl methyl sites for hydroxylation is 1. The lowest BCUT2D eigenvalue weighted by atomic mass is 10.1. The molecule has 3 aromatic carbocycles. The molecule has 5 aromatic rings. The van der Waals surface area contributed by atoms with Gasteiger partial charge in [-0.25, -0.2) is 9.97 Å². The van der Waals surface area contributed by atoms with Gasteiger partial charge < -0.3 is 25.5 Å². The van der Waals surface area contributed by atoms with Crippen LogP contribution in [0.5, 0.6) is 0 Å². The molecule has 1 saturated heterocycles. The van der Waals surface area contributed by atoms with E-state index in [9.17, 15) is 9.59 Å². The number of para-hydroxylation sites is 1. The number of aromatic amines is 2. The van der Waals surface area contributed by atoms with Crippen LogP contribution >= 0.6 is 0 Å². The Hall–Kier alpha value is -4.66. The van der Waals surface area contributed by atoms with Crippen molar-refractivity contribution in [3.63, 3.8) is 0 Å². The van der Waals surface area contributed by atoms with Crippen LogP contribution in [0.15, 0.2) is 60.7 Å². The first-order valence-electron chi connectivity index (χ1n) is 11.9. The number of imidazole rings is 2. The zero-order valence-corrected chi connectivity index (χ0v) is 19.8. The predicted octanol–water partition coefficient (Wildman–Crippen LogP) is 3.48. The van der Waals surface area contributed by atoms with E-state index in [1.165, 1.54) is 5.56 Å². The molecule has 0 spiro atoms. The van der Waals surface area contributed by atoms with Crippen LogP contribution in [0.4, 0.5) is 5.95 Å². The summed E-state index contributed by atoms with van der Waals surface area (Å²) in [4.78, 5) is 44.8. The normalized spacial score (nSPS) is 14.0. The molecule has 180 valence electrons. The summed E-state index contributed by atoms with van der Waals surface area (Å²) in [6.07, 6.45) is 0. The molecule has 3 heterocycles. The summed E-state index contributed by atoms with van der Waals surface area (Å²) < 4.78 is 0. The van der Waals surface area contributed by atoms with Crippen LogP contribution in [0.25, 0.3) is 33.5 Å². The second-order valence-electron chi connectivity index (χ2n) is 9.09. The summed E-state index contributed by atoms with van der Waals surface area (Å²) >= 11 is 0. The molecule has 0 bridgehead atoms. The maximum Gasteiger partial charge on any atom is 0.253 e. The second-order valence-corrected chi connectivity index (χ2v) is 9.09. The van der Waals surface area contributed by atoms with E-state index in [1.807, 2.05) is 41.3 Å². The van der Waals surface area contributed by atoms with Gasteiger partial charge >= 0.3 is 0 Å². The summed E-state index contributed by atoms with van der Waals surface area (Å²) in [5.74, 6) is 0.946. The molecule has 2 amide bonds. The van der Waals surface area contributed by atoms with Gasteiger partial charge in [-0.05, 0) is 48.9 Å². The van der Waals surface area contributed by atoms with Crippen LogP contribution in [0.1, 0.15) is 26.3 Å². The Bertz CT molecular complexity index is 1610. The Kier molecular flexibility index (Phi) is 5.18. The lowest BCUT2D eigenvalue weighted by molar-refractivity contribution is 0.0746. The summed E-state index contributed by atoms with van der Waals surface area (Å²) in [5, 5.41) is 0. The van der Waals surface area contributed by atoms with Crippen molar-refractivity contribution < 1.29 is 9.59 Å². The lowest BCUT2D eigenvalue weighted by Gasteiger charge is -2.34. The number of hydrogen-bond donors (Lipinski definition) is 3. The highest BCUT2D eigenvalue weighted by Gasteiger charge is 2.24. The predicted molar refractivity (Wildman–Crippen MR) is 139 cm³/mol. The molecule has 1 fully saturated rings. The fourth-order valence-corrected chi connectivity index (χ4v) is 4.69. The van der Waals surface area contributed by atoms with Gasteiger partial charge in [-0.15, -0.1) is 0 Å². The lowest BCUT2D eigenvalue weighted by Crippen LogP contribution is -2.49. The van der Waals surface area contributed by atoms with Gasteiger partial charge in [-0.2, -0.15) is 0 Å².